The van der Waals surface area contributed by atoms with Crippen LogP contribution in [0.5, 0.6) is 0 Å². The van der Waals surface area contributed by atoms with E-state index in [0.29, 0.717) is 35.1 Å². The summed E-state index contributed by atoms with van der Waals surface area (Å²) < 4.78 is 325. The largest absolute Gasteiger partial charge is 0.337 e. The molecule has 0 bridgehead atoms. The van der Waals surface area contributed by atoms with Gasteiger partial charge in [0.25, 0.3) is 0 Å². The number of nitrogens with one attached hydrogen (secondary N) is 3. The van der Waals surface area contributed by atoms with Gasteiger partial charge < -0.3 is 20.8 Å². The number of anilines is 4. The molecule has 3 aromatic heterocycles. The topological polar surface area (TPSA) is 155 Å². The maximum absolute atomic E-state index is 8.37. The van der Waals surface area contributed by atoms with Crippen LogP contribution in [0.25, 0.3) is 0 Å². The van der Waals surface area contributed by atoms with Crippen LogP contribution in [-0.2, 0) is 0 Å². The van der Waals surface area contributed by atoms with Gasteiger partial charge >= 0.3 is 0 Å². The third kappa shape index (κ3) is 5.86. The molecule has 3 rings (SSSR count). The lowest BCUT2D eigenvalue weighted by Crippen LogP contribution is -2.28. The van der Waals surface area contributed by atoms with Crippen LogP contribution in [0.4, 0.5) is 23.8 Å². The van der Waals surface area contributed by atoms with E-state index >= 15 is 0 Å². The van der Waals surface area contributed by atoms with Crippen LogP contribution >= 0.6 is 0 Å². The summed E-state index contributed by atoms with van der Waals surface area (Å²) in [6.07, 6.45) is 0. The highest BCUT2D eigenvalue weighted by molar-refractivity contribution is 5.38. The highest BCUT2D eigenvalue weighted by atomic mass is 15.3. The molecule has 0 unspecified atom stereocenters. The predicted octanol–water partition coefficient (Wildman–Crippen LogP) is 8.15. The van der Waals surface area contributed by atoms with Crippen molar-refractivity contribution in [2.75, 3.05) is 41.2 Å². The summed E-state index contributed by atoms with van der Waals surface area (Å²) in [4.78, 5) is 39.2. The van der Waals surface area contributed by atoms with Crippen molar-refractivity contribution in [1.82, 2.24) is 44.9 Å². The Hall–Kier alpha value is -3.77. The zero-order chi connectivity index (χ0) is 84.3. The molecule has 3 aromatic rings. The lowest BCUT2D eigenvalue weighted by molar-refractivity contribution is 0.836. The fourth-order valence-corrected chi connectivity index (χ4v) is 2.43. The molecule has 0 radical (unpaired) electrons. The molecule has 30 heavy (non-hydrogen) atoms. The second-order valence-electron chi connectivity index (χ2n) is 6.40. The summed E-state index contributed by atoms with van der Waals surface area (Å²) >= 11 is 0. The first-order chi connectivity index (χ1) is 45.5. The summed E-state index contributed by atoms with van der Waals surface area (Å²) in [5.41, 5.74) is 0. The van der Waals surface area contributed by atoms with Crippen molar-refractivity contribution in [3.05, 3.63) is 29.1 Å². The van der Waals surface area contributed by atoms with E-state index in [1.165, 1.54) is 0 Å². The second kappa shape index (κ2) is 9.15. The van der Waals surface area contributed by atoms with Crippen LogP contribution < -0.4 is 20.8 Å². The van der Waals surface area contributed by atoms with Gasteiger partial charge in [-0.1, -0.05) is 0 Å². The first-order valence-corrected chi connectivity index (χ1v) is 9.13. The lowest BCUT2D eigenvalue weighted by atomic mass is 10.6. The van der Waals surface area contributed by atoms with Gasteiger partial charge in [-0.15, -0.1) is 0 Å². The number of aryl methyl sites for hydroxylation is 5. The lowest BCUT2D eigenvalue weighted by Gasteiger charge is -2.18. The Morgan fingerprint density at radius 3 is 1.60 bits per heavy atom. The van der Waals surface area contributed by atoms with Crippen molar-refractivity contribution in [3.63, 3.8) is 0 Å². The van der Waals surface area contributed by atoms with Gasteiger partial charge in [0.1, 0.15) is 29.1 Å². The maximum atomic E-state index is 8.37. The number of rotatable bonds is 8. The molecule has 0 amide bonds. The molecule has 13 heteroatoms. The van der Waals surface area contributed by atoms with E-state index in [9.17, 15) is 0 Å². The van der Waals surface area contributed by atoms with E-state index in [-0.39, 0.29) is 31.2 Å². The van der Waals surface area contributed by atoms with E-state index in [1.807, 2.05) is 0 Å². The summed E-state index contributed by atoms with van der Waals surface area (Å²) in [6, 6.07) is 0. The Morgan fingerprint density at radius 1 is 0.667 bits per heavy atom. The third-order valence-corrected chi connectivity index (χ3v) is 3.61. The second-order valence-corrected chi connectivity index (χ2v) is 6.40. The Kier molecular flexibility index (Phi) is 1.36. The zero-order valence-electron chi connectivity index (χ0n) is 80.7. The molecule has 0 saturated heterocycles. The Morgan fingerprint density at radius 2 is 1.07 bits per heavy atom. The quantitative estimate of drug-likeness (QED) is 0.214. The van der Waals surface area contributed by atoms with E-state index < -0.39 is 0 Å². The summed E-state index contributed by atoms with van der Waals surface area (Å²) in [5.74, 6) is 2.95. The molecule has 0 aliphatic carbocycles. The fraction of sp³-hybridized carbons (Fsp3) is 0.471. The third-order valence-electron chi connectivity index (χ3n) is 3.61. The molecular weight excluding hydrogens is 386 g/mol. The average molecular weight is 598 g/mol. The minimum absolute atomic E-state index is 0.0241. The van der Waals surface area contributed by atoms with E-state index in [0.717, 1.165) is 15.9 Å². The SMILES string of the molecule is [3H]N(CN([3H])c1nc(C)nc(N([3H])CN(C)c2nc(C)nc(C)n2)n1)c1nc(C)nc(C)n1.[3H][3H].[3H][3H].[3H][3H].[3H][3H].[3H][3H].[3H][3H].[3H][3H].[3H][3H].[3H][3H].[3H][3H].[3H][3H].[3H][3H].[3H][3H].[3H][3H].[3H][3H].[3H][3H].[3H][3H].[3H][3H].[3H][3H].[3H][3H].[3H][3H].[3H][3H].[3H][3H].[3H][3H].[3H][3H].[3H][3H].[3H][3H].[3H][3H].[3H][3H].[3H][3H]. The van der Waals surface area contributed by atoms with Crippen LogP contribution in [0.1, 0.15) is 118 Å². The van der Waals surface area contributed by atoms with Gasteiger partial charge in [0.05, 0.1) is 13.3 Å². The first kappa shape index (κ1) is 4.45. The van der Waals surface area contributed by atoms with Crippen molar-refractivity contribution in [1.29, 1.82) is 0 Å². The van der Waals surface area contributed by atoms with E-state index in [2.05, 4.69) is 44.9 Å². The van der Waals surface area contributed by atoms with Crippen LogP contribution in [0, 0.1) is 34.6 Å². The van der Waals surface area contributed by atoms with Gasteiger partial charge in [-0.3, -0.25) is 0 Å². The van der Waals surface area contributed by atoms with E-state index in [4.69, 9.17) is 93.3 Å². The fourth-order valence-electron chi connectivity index (χ4n) is 2.43. The molecule has 3 heterocycles. The monoisotopic (exact) mass is 598 g/mol. The zero-order valence-corrected chi connectivity index (χ0v) is 17.7. The molecule has 218 valence electrons. The highest BCUT2D eigenvalue weighted by Crippen LogP contribution is 2.08. The smallest absolute Gasteiger partial charge is 0.229 e. The number of hydrogen-bond donors (Lipinski definition) is 3. The number of nitrogens with zero attached hydrogens (tertiary/aromatic N) is 10. The van der Waals surface area contributed by atoms with Gasteiger partial charge in [-0.05, 0) is 34.6 Å². The molecule has 0 aromatic carbocycles. The van der Waals surface area contributed by atoms with Crippen molar-refractivity contribution in [3.8, 4) is 0 Å². The van der Waals surface area contributed by atoms with Gasteiger partial charge in [-0.2, -0.15) is 34.9 Å². The van der Waals surface area contributed by atoms with Crippen LogP contribution in [0.15, 0.2) is 0 Å². The van der Waals surface area contributed by atoms with Crippen LogP contribution in [0.3, 0.4) is 0 Å². The Balaban J connectivity index is -0.0000000228. The number of aromatic nitrogens is 9. The summed E-state index contributed by atoms with van der Waals surface area (Å²) in [5, 5.41) is 2.87. The van der Waals surface area contributed by atoms with Gasteiger partial charge in [0.2, 0.25) is 23.8 Å². The summed E-state index contributed by atoms with van der Waals surface area (Å²) in [7, 11) is 1.73. The normalized spacial score (nSPS) is 20.0. The van der Waals surface area contributed by atoms with Crippen molar-refractivity contribution in [2.24, 2.45) is 0 Å². The molecule has 0 aliphatic heterocycles. The minimum Gasteiger partial charge on any atom is -0.337 e. The Bertz CT molecular complexity index is 1080. The van der Waals surface area contributed by atoms with Gasteiger partial charge in [-0.25, -0.2) is 9.97 Å². The van der Waals surface area contributed by atoms with Crippen molar-refractivity contribution >= 4 is 23.8 Å². The van der Waals surface area contributed by atoms with Gasteiger partial charge in [0, 0.05) is 96.1 Å². The predicted molar refractivity (Wildman–Crippen MR) is 176 cm³/mol. The van der Waals surface area contributed by atoms with Crippen molar-refractivity contribution in [2.45, 2.75) is 34.6 Å². The summed E-state index contributed by atoms with van der Waals surface area (Å²) in [6.45, 7) is 8.38. The molecule has 13 nitrogen and oxygen atoms in total. The van der Waals surface area contributed by atoms with Crippen LogP contribution in [-0.4, -0.2) is 65.2 Å². The van der Waals surface area contributed by atoms with Crippen LogP contribution in [0.2, 0.25) is 4.24 Å². The molecule has 0 fully saturated rings. The van der Waals surface area contributed by atoms with E-state index in [1.54, 1.807) is 46.6 Å². The molecule has 0 aliphatic rings. The molecule has 0 atom stereocenters. The molecule has 3 N–H and O–H groups in total. The standard InChI is InChI=1S/C17H25N13.30H2/c1-9-21-10(2)24-14(23-9)18-7-19-15-25-13(5)26-16(29-15)20-8-30(6)17-27-11(3)22-12(4)28-17;;;;;;;;;;;;;;;;;;;;;;;;;;;;;;/h7-8H2,1-6H3,(H,18,21,23,24)(H2,19,20,25,26,29);30*1H/i;30*1+2T/hT3. The maximum Gasteiger partial charge on any atom is 0.229 e. The average Bonchev–Trinajstić information content (AvgIpc) is 3.26. The minimum atomic E-state index is -0.243. The molecule has 0 spiro atoms. The molecular formula is C17H85N13. The first-order valence-electron chi connectivity index (χ1n) is 40.5. The van der Waals surface area contributed by atoms with Crippen molar-refractivity contribution < 1.29 is 93.3 Å². The van der Waals surface area contributed by atoms with Gasteiger partial charge in [0.15, 0.2) is 4.24 Å². The Labute approximate surface area is 271 Å². The highest BCUT2D eigenvalue weighted by Gasteiger charge is 2.09. The molecule has 0 saturated carbocycles. The number of hydrogen-bond acceptors (Lipinski definition) is 13.